The van der Waals surface area contributed by atoms with Crippen LogP contribution in [-0.2, 0) is 0 Å². The average Bonchev–Trinajstić information content (AvgIpc) is 2.21. The number of nitrogens with two attached hydrogens (primary N) is 1. The van der Waals surface area contributed by atoms with Gasteiger partial charge in [-0.05, 0) is 43.0 Å². The number of hydrogen-bond acceptors (Lipinski definition) is 2. The summed E-state index contributed by atoms with van der Waals surface area (Å²) in [6.07, 6.45) is 2.56. The number of anilines is 1. The van der Waals surface area contributed by atoms with Crippen molar-refractivity contribution >= 4 is 5.69 Å². The highest BCUT2D eigenvalue weighted by molar-refractivity contribution is 5.40. The van der Waals surface area contributed by atoms with Gasteiger partial charge in [-0.15, -0.1) is 0 Å². The topological polar surface area (TPSA) is 38.0 Å². The SMILES string of the molecule is C[C@H]1CC[C@H](c2ccc(N)cc2)NC1. The van der Waals surface area contributed by atoms with Crippen LogP contribution in [0.15, 0.2) is 24.3 Å². The van der Waals surface area contributed by atoms with E-state index in [2.05, 4.69) is 24.4 Å². The minimum absolute atomic E-state index is 0.534. The average molecular weight is 190 g/mol. The molecule has 0 saturated carbocycles. The maximum atomic E-state index is 5.66. The molecule has 0 bridgehead atoms. The summed E-state index contributed by atoms with van der Waals surface area (Å²) >= 11 is 0. The number of hydrogen-bond donors (Lipinski definition) is 2. The molecule has 2 heteroatoms. The highest BCUT2D eigenvalue weighted by Gasteiger charge is 2.18. The first kappa shape index (κ1) is 9.53. The standard InChI is InChI=1S/C12H18N2/c1-9-2-7-12(14-8-9)10-3-5-11(13)6-4-10/h3-6,9,12,14H,2,7-8,13H2,1H3/t9-,12+/m0/s1. The molecule has 1 heterocycles. The number of rotatable bonds is 1. The Bertz CT molecular complexity index is 284. The molecule has 14 heavy (non-hydrogen) atoms. The molecule has 2 atom stereocenters. The lowest BCUT2D eigenvalue weighted by Crippen LogP contribution is -2.31. The van der Waals surface area contributed by atoms with E-state index < -0.39 is 0 Å². The Morgan fingerprint density at radius 3 is 2.50 bits per heavy atom. The Labute approximate surface area is 85.5 Å². The van der Waals surface area contributed by atoms with Gasteiger partial charge in [-0.2, -0.15) is 0 Å². The zero-order valence-corrected chi connectivity index (χ0v) is 8.66. The lowest BCUT2D eigenvalue weighted by Gasteiger charge is -2.28. The minimum Gasteiger partial charge on any atom is -0.399 e. The van der Waals surface area contributed by atoms with Crippen molar-refractivity contribution < 1.29 is 0 Å². The highest BCUT2D eigenvalue weighted by Crippen LogP contribution is 2.25. The first-order valence-corrected chi connectivity index (χ1v) is 5.34. The molecule has 1 fully saturated rings. The van der Waals surface area contributed by atoms with Crippen molar-refractivity contribution in [2.75, 3.05) is 12.3 Å². The first-order valence-electron chi connectivity index (χ1n) is 5.34. The largest absolute Gasteiger partial charge is 0.399 e. The van der Waals surface area contributed by atoms with Crippen molar-refractivity contribution in [3.05, 3.63) is 29.8 Å². The fourth-order valence-electron chi connectivity index (χ4n) is 2.01. The van der Waals surface area contributed by atoms with E-state index in [1.807, 2.05) is 12.1 Å². The molecule has 1 saturated heterocycles. The van der Waals surface area contributed by atoms with Crippen molar-refractivity contribution in [1.82, 2.24) is 5.32 Å². The molecule has 0 radical (unpaired) electrons. The quantitative estimate of drug-likeness (QED) is 0.667. The summed E-state index contributed by atoms with van der Waals surface area (Å²) in [7, 11) is 0. The Morgan fingerprint density at radius 2 is 1.93 bits per heavy atom. The molecule has 2 nitrogen and oxygen atoms in total. The minimum atomic E-state index is 0.534. The normalized spacial score (nSPS) is 27.5. The van der Waals surface area contributed by atoms with Gasteiger partial charge in [0.1, 0.15) is 0 Å². The first-order chi connectivity index (χ1) is 6.75. The maximum Gasteiger partial charge on any atom is 0.0320 e. The Kier molecular flexibility index (Phi) is 2.73. The van der Waals surface area contributed by atoms with Crippen LogP contribution in [0, 0.1) is 5.92 Å². The third-order valence-corrected chi connectivity index (χ3v) is 3.00. The van der Waals surface area contributed by atoms with E-state index in [1.54, 1.807) is 0 Å². The van der Waals surface area contributed by atoms with Crippen LogP contribution >= 0.6 is 0 Å². The lowest BCUT2D eigenvalue weighted by molar-refractivity contribution is 0.333. The monoisotopic (exact) mass is 190 g/mol. The molecule has 0 spiro atoms. The molecular weight excluding hydrogens is 172 g/mol. The van der Waals surface area contributed by atoms with E-state index >= 15 is 0 Å². The van der Waals surface area contributed by atoms with Crippen LogP contribution in [0.25, 0.3) is 0 Å². The van der Waals surface area contributed by atoms with Gasteiger partial charge in [-0.25, -0.2) is 0 Å². The third-order valence-electron chi connectivity index (χ3n) is 3.00. The lowest BCUT2D eigenvalue weighted by atomic mass is 9.92. The molecule has 1 aliphatic heterocycles. The van der Waals surface area contributed by atoms with Crippen LogP contribution in [0.1, 0.15) is 31.4 Å². The van der Waals surface area contributed by atoms with E-state index in [0.717, 1.165) is 18.2 Å². The van der Waals surface area contributed by atoms with Gasteiger partial charge < -0.3 is 11.1 Å². The Morgan fingerprint density at radius 1 is 1.21 bits per heavy atom. The predicted octanol–water partition coefficient (Wildman–Crippen LogP) is 2.33. The fourth-order valence-corrected chi connectivity index (χ4v) is 2.01. The van der Waals surface area contributed by atoms with Gasteiger partial charge in [0.15, 0.2) is 0 Å². The van der Waals surface area contributed by atoms with Gasteiger partial charge in [0, 0.05) is 11.7 Å². The zero-order valence-electron chi connectivity index (χ0n) is 8.66. The highest BCUT2D eigenvalue weighted by atomic mass is 14.9. The molecular formula is C12H18N2. The number of nitrogen functional groups attached to an aromatic ring is 1. The summed E-state index contributed by atoms with van der Waals surface area (Å²) in [5.74, 6) is 0.819. The summed E-state index contributed by atoms with van der Waals surface area (Å²) in [6, 6.07) is 8.75. The second-order valence-electron chi connectivity index (χ2n) is 4.31. The number of benzene rings is 1. The third kappa shape index (κ3) is 2.07. The van der Waals surface area contributed by atoms with Crippen molar-refractivity contribution in [2.45, 2.75) is 25.8 Å². The van der Waals surface area contributed by atoms with Crippen LogP contribution in [0.3, 0.4) is 0 Å². The molecule has 2 rings (SSSR count). The van der Waals surface area contributed by atoms with E-state index in [0.29, 0.717) is 6.04 Å². The van der Waals surface area contributed by atoms with E-state index in [9.17, 15) is 0 Å². The van der Waals surface area contributed by atoms with Gasteiger partial charge in [-0.3, -0.25) is 0 Å². The van der Waals surface area contributed by atoms with Crippen LogP contribution in [0.5, 0.6) is 0 Å². The number of nitrogens with one attached hydrogen (secondary N) is 1. The number of piperidine rings is 1. The van der Waals surface area contributed by atoms with E-state index in [-0.39, 0.29) is 0 Å². The Hall–Kier alpha value is -1.02. The smallest absolute Gasteiger partial charge is 0.0320 e. The second kappa shape index (κ2) is 4.01. The summed E-state index contributed by atoms with van der Waals surface area (Å²) in [6.45, 7) is 3.43. The zero-order chi connectivity index (χ0) is 9.97. The van der Waals surface area contributed by atoms with Gasteiger partial charge in [0.05, 0.1) is 0 Å². The van der Waals surface area contributed by atoms with Crippen LogP contribution in [0.4, 0.5) is 5.69 Å². The predicted molar refractivity (Wildman–Crippen MR) is 60.0 cm³/mol. The second-order valence-corrected chi connectivity index (χ2v) is 4.31. The molecule has 1 aromatic rings. The summed E-state index contributed by atoms with van der Waals surface area (Å²) in [5, 5.41) is 3.56. The molecule has 0 unspecified atom stereocenters. The molecule has 0 aromatic heterocycles. The van der Waals surface area contributed by atoms with Gasteiger partial charge in [0.25, 0.3) is 0 Å². The molecule has 0 aliphatic carbocycles. The Balaban J connectivity index is 2.05. The van der Waals surface area contributed by atoms with Gasteiger partial charge >= 0.3 is 0 Å². The fraction of sp³-hybridized carbons (Fsp3) is 0.500. The van der Waals surface area contributed by atoms with Gasteiger partial charge in [-0.1, -0.05) is 19.1 Å². The van der Waals surface area contributed by atoms with Crippen molar-refractivity contribution in [2.24, 2.45) is 5.92 Å². The summed E-state index contributed by atoms with van der Waals surface area (Å²) in [5.41, 5.74) is 7.87. The molecule has 1 aliphatic rings. The van der Waals surface area contributed by atoms with Crippen LogP contribution in [0.2, 0.25) is 0 Å². The van der Waals surface area contributed by atoms with Crippen molar-refractivity contribution in [3.8, 4) is 0 Å². The van der Waals surface area contributed by atoms with Crippen molar-refractivity contribution in [1.29, 1.82) is 0 Å². The van der Waals surface area contributed by atoms with E-state index in [1.165, 1.54) is 18.4 Å². The van der Waals surface area contributed by atoms with Crippen LogP contribution in [-0.4, -0.2) is 6.54 Å². The van der Waals surface area contributed by atoms with E-state index in [4.69, 9.17) is 5.73 Å². The van der Waals surface area contributed by atoms with Crippen LogP contribution < -0.4 is 11.1 Å². The van der Waals surface area contributed by atoms with Crippen molar-refractivity contribution in [3.63, 3.8) is 0 Å². The van der Waals surface area contributed by atoms with Gasteiger partial charge in [0.2, 0.25) is 0 Å². The summed E-state index contributed by atoms with van der Waals surface area (Å²) in [4.78, 5) is 0. The molecule has 0 amide bonds. The summed E-state index contributed by atoms with van der Waals surface area (Å²) < 4.78 is 0. The molecule has 3 N–H and O–H groups in total. The maximum absolute atomic E-state index is 5.66. The molecule has 76 valence electrons. The molecule has 1 aromatic carbocycles.